The minimum atomic E-state index is -0.481. The van der Waals surface area contributed by atoms with Crippen LogP contribution >= 0.6 is 0 Å². The summed E-state index contributed by atoms with van der Waals surface area (Å²) in [5.41, 5.74) is 0.476. The first-order valence-corrected chi connectivity index (χ1v) is 5.29. The summed E-state index contributed by atoms with van der Waals surface area (Å²) < 4.78 is 0. The average Bonchev–Trinajstić information content (AvgIpc) is 2.77. The van der Waals surface area contributed by atoms with Crippen molar-refractivity contribution in [2.24, 2.45) is 0 Å². The summed E-state index contributed by atoms with van der Waals surface area (Å²) >= 11 is 0. The van der Waals surface area contributed by atoms with Gasteiger partial charge in [0.05, 0.1) is 12.6 Å². The Morgan fingerprint density at radius 3 is 3.19 bits per heavy atom. The Bertz CT molecular complexity index is 379. The number of hydrogen-bond acceptors (Lipinski definition) is 5. The summed E-state index contributed by atoms with van der Waals surface area (Å²) in [4.78, 5) is 12.2. The molecule has 0 spiro atoms. The van der Waals surface area contributed by atoms with Crippen LogP contribution in [0.1, 0.15) is 19.3 Å². The van der Waals surface area contributed by atoms with E-state index in [1.807, 2.05) is 4.90 Å². The molecule has 0 bridgehead atoms. The lowest BCUT2D eigenvalue weighted by Gasteiger charge is -2.34. The fourth-order valence-electron chi connectivity index (χ4n) is 2.13. The number of aliphatic hydroxyl groups excluding tert-OH is 1. The van der Waals surface area contributed by atoms with Gasteiger partial charge in [-0.05, 0) is 24.2 Å². The fourth-order valence-corrected chi connectivity index (χ4v) is 2.13. The number of rotatable bonds is 3. The number of aromatic nitrogens is 2. The maximum Gasteiger partial charge on any atom is 0.366 e. The van der Waals surface area contributed by atoms with E-state index in [1.165, 1.54) is 6.20 Å². The molecule has 2 rings (SSSR count). The van der Waals surface area contributed by atoms with Crippen LogP contribution in [-0.4, -0.2) is 39.4 Å². The smallest absolute Gasteiger partial charge is 0.366 e. The number of nitro groups is 1. The molecular weight excluding hydrogens is 212 g/mol. The van der Waals surface area contributed by atoms with Gasteiger partial charge in [0.2, 0.25) is 0 Å². The number of aliphatic hydroxyl groups is 1. The molecule has 7 nitrogen and oxygen atoms in total. The Balaban J connectivity index is 2.27. The molecule has 88 valence electrons. The minimum absolute atomic E-state index is 0.0162. The average molecular weight is 226 g/mol. The zero-order valence-corrected chi connectivity index (χ0v) is 8.80. The van der Waals surface area contributed by atoms with Crippen LogP contribution in [0.15, 0.2) is 6.20 Å². The van der Waals surface area contributed by atoms with Gasteiger partial charge in [0.25, 0.3) is 0 Å². The first-order chi connectivity index (χ1) is 7.74. The number of H-pyrrole nitrogens is 1. The van der Waals surface area contributed by atoms with Crippen molar-refractivity contribution >= 4 is 11.5 Å². The number of aromatic amines is 1. The molecule has 1 aliphatic heterocycles. The molecular formula is C9H14N4O3. The minimum Gasteiger partial charge on any atom is -0.394 e. The molecule has 0 aromatic carbocycles. The lowest BCUT2D eigenvalue weighted by atomic mass is 10.0. The molecule has 1 fully saturated rings. The Morgan fingerprint density at radius 2 is 2.50 bits per heavy atom. The second kappa shape index (κ2) is 4.48. The first-order valence-electron chi connectivity index (χ1n) is 5.29. The molecule has 1 atom stereocenters. The van der Waals surface area contributed by atoms with Crippen molar-refractivity contribution in [3.8, 4) is 0 Å². The summed E-state index contributed by atoms with van der Waals surface area (Å²) in [6.07, 6.45) is 4.34. The molecule has 0 amide bonds. The molecule has 1 unspecified atom stereocenters. The first kappa shape index (κ1) is 10.9. The molecule has 2 N–H and O–H groups in total. The molecule has 1 aliphatic rings. The van der Waals surface area contributed by atoms with Crippen LogP contribution in [0.4, 0.5) is 11.5 Å². The predicted octanol–water partition coefficient (Wildman–Crippen LogP) is 0.669. The predicted molar refractivity (Wildman–Crippen MR) is 57.3 cm³/mol. The lowest BCUT2D eigenvalue weighted by Crippen LogP contribution is -2.42. The normalized spacial score (nSPS) is 21.1. The van der Waals surface area contributed by atoms with Gasteiger partial charge in [0.1, 0.15) is 6.20 Å². The molecule has 1 aromatic rings. The molecule has 1 aromatic heterocycles. The molecule has 2 heterocycles. The van der Waals surface area contributed by atoms with Crippen molar-refractivity contribution in [1.29, 1.82) is 0 Å². The summed E-state index contributed by atoms with van der Waals surface area (Å²) in [6, 6.07) is -0.0370. The van der Waals surface area contributed by atoms with Crippen LogP contribution in [0.25, 0.3) is 0 Å². The Labute approximate surface area is 92.2 Å². The summed E-state index contributed by atoms with van der Waals surface area (Å²) in [5.74, 6) is -0.0969. The third-order valence-electron chi connectivity index (χ3n) is 2.93. The second-order valence-corrected chi connectivity index (χ2v) is 3.89. The van der Waals surface area contributed by atoms with Crippen molar-refractivity contribution in [2.45, 2.75) is 25.3 Å². The van der Waals surface area contributed by atoms with Gasteiger partial charge in [-0.3, -0.25) is 0 Å². The van der Waals surface area contributed by atoms with E-state index in [1.54, 1.807) is 0 Å². The Morgan fingerprint density at radius 1 is 1.69 bits per heavy atom. The third-order valence-corrected chi connectivity index (χ3v) is 2.93. The van der Waals surface area contributed by atoms with E-state index >= 15 is 0 Å². The van der Waals surface area contributed by atoms with E-state index in [4.69, 9.17) is 0 Å². The van der Waals surface area contributed by atoms with Gasteiger partial charge in [-0.25, -0.2) is 0 Å². The highest BCUT2D eigenvalue weighted by Gasteiger charge is 2.28. The van der Waals surface area contributed by atoms with E-state index in [-0.39, 0.29) is 18.5 Å². The standard InChI is InChI=1S/C9H14N4O3/c14-6-7-3-1-2-4-12(7)8-5-10-11-9(8)13(15)16/h5,7,14H,1-4,6H2,(H,10,11). The van der Waals surface area contributed by atoms with Gasteiger partial charge in [0, 0.05) is 6.54 Å². The monoisotopic (exact) mass is 226 g/mol. The van der Waals surface area contributed by atoms with Crippen molar-refractivity contribution in [2.75, 3.05) is 18.1 Å². The van der Waals surface area contributed by atoms with Gasteiger partial charge in [-0.2, -0.15) is 0 Å². The lowest BCUT2D eigenvalue weighted by molar-refractivity contribution is -0.388. The quantitative estimate of drug-likeness (QED) is 0.583. The largest absolute Gasteiger partial charge is 0.394 e. The number of nitrogens with zero attached hydrogens (tertiary/aromatic N) is 3. The maximum absolute atomic E-state index is 10.8. The van der Waals surface area contributed by atoms with Gasteiger partial charge < -0.3 is 20.1 Å². The summed E-state index contributed by atoms with van der Waals surface area (Å²) in [5, 5.41) is 26.1. The fraction of sp³-hybridized carbons (Fsp3) is 0.667. The summed E-state index contributed by atoms with van der Waals surface area (Å²) in [6.45, 7) is 0.744. The van der Waals surface area contributed by atoms with Crippen molar-refractivity contribution < 1.29 is 10.0 Å². The van der Waals surface area contributed by atoms with E-state index in [9.17, 15) is 15.2 Å². The van der Waals surface area contributed by atoms with Crippen molar-refractivity contribution in [3.63, 3.8) is 0 Å². The van der Waals surface area contributed by atoms with Crippen molar-refractivity contribution in [1.82, 2.24) is 10.2 Å². The maximum atomic E-state index is 10.8. The number of piperidine rings is 1. The number of hydrogen-bond donors (Lipinski definition) is 2. The van der Waals surface area contributed by atoms with E-state index in [2.05, 4.69) is 10.2 Å². The second-order valence-electron chi connectivity index (χ2n) is 3.89. The molecule has 0 radical (unpaired) electrons. The molecule has 7 heteroatoms. The highest BCUT2D eigenvalue weighted by atomic mass is 16.6. The zero-order chi connectivity index (χ0) is 11.5. The molecule has 16 heavy (non-hydrogen) atoms. The van der Waals surface area contributed by atoms with Crippen LogP contribution in [0, 0.1) is 10.1 Å². The summed E-state index contributed by atoms with van der Waals surface area (Å²) in [7, 11) is 0. The SMILES string of the molecule is O=[N+]([O-])c1[nH]ncc1N1CCCCC1CO. The van der Waals surface area contributed by atoms with Gasteiger partial charge in [-0.1, -0.05) is 5.10 Å². The van der Waals surface area contributed by atoms with Crippen LogP contribution in [0.5, 0.6) is 0 Å². The van der Waals surface area contributed by atoms with Gasteiger partial charge in [-0.15, -0.1) is 5.10 Å². The van der Waals surface area contributed by atoms with E-state index in [0.29, 0.717) is 5.69 Å². The van der Waals surface area contributed by atoms with Gasteiger partial charge >= 0.3 is 5.82 Å². The van der Waals surface area contributed by atoms with Crippen LogP contribution in [-0.2, 0) is 0 Å². The Hall–Kier alpha value is -1.63. The molecule has 0 aliphatic carbocycles. The zero-order valence-electron chi connectivity index (χ0n) is 8.80. The van der Waals surface area contributed by atoms with Crippen LogP contribution in [0.3, 0.4) is 0 Å². The number of anilines is 1. The highest BCUT2D eigenvalue weighted by molar-refractivity contribution is 5.58. The topological polar surface area (TPSA) is 95.3 Å². The molecule has 1 saturated heterocycles. The van der Waals surface area contributed by atoms with Gasteiger partial charge in [0.15, 0.2) is 5.69 Å². The van der Waals surface area contributed by atoms with E-state index < -0.39 is 4.92 Å². The van der Waals surface area contributed by atoms with Crippen LogP contribution < -0.4 is 4.90 Å². The Kier molecular flexibility index (Phi) is 3.04. The number of nitrogens with one attached hydrogen (secondary N) is 1. The van der Waals surface area contributed by atoms with Crippen molar-refractivity contribution in [3.05, 3.63) is 16.3 Å². The molecule has 0 saturated carbocycles. The van der Waals surface area contributed by atoms with E-state index in [0.717, 1.165) is 25.8 Å². The third kappa shape index (κ3) is 1.85. The highest BCUT2D eigenvalue weighted by Crippen LogP contribution is 2.30. The van der Waals surface area contributed by atoms with Crippen LogP contribution in [0.2, 0.25) is 0 Å².